The van der Waals surface area contributed by atoms with Crippen LogP contribution in [0.3, 0.4) is 0 Å². The first-order valence-electron chi connectivity index (χ1n) is 4.46. The summed E-state index contributed by atoms with van der Waals surface area (Å²) in [6.45, 7) is 6.23. The van der Waals surface area contributed by atoms with Gasteiger partial charge in [-0.15, -0.1) is 0 Å². The molecule has 0 rings (SSSR count). The fraction of sp³-hybridized carbons (Fsp3) is 0.556. The van der Waals surface area contributed by atoms with Crippen LogP contribution >= 0.6 is 0 Å². The van der Waals surface area contributed by atoms with Gasteiger partial charge in [0.05, 0.1) is 6.42 Å². The van der Waals surface area contributed by atoms with Gasteiger partial charge in [-0.05, 0) is 6.42 Å². The average molecular weight is 200 g/mol. The fourth-order valence-electron chi connectivity index (χ4n) is 0.676. The summed E-state index contributed by atoms with van der Waals surface area (Å²) in [7, 11) is 0. The molecule has 0 unspecified atom stereocenters. The van der Waals surface area contributed by atoms with Crippen LogP contribution in [-0.4, -0.2) is 30.2 Å². The molecule has 0 radical (unpaired) electrons. The maximum absolute atomic E-state index is 11.0. The van der Waals surface area contributed by atoms with Gasteiger partial charge in [-0.3, -0.25) is 4.79 Å². The van der Waals surface area contributed by atoms with E-state index in [9.17, 15) is 9.59 Å². The molecular weight excluding hydrogens is 184 g/mol. The molecule has 14 heavy (non-hydrogen) atoms. The van der Waals surface area contributed by atoms with Crippen LogP contribution in [0.25, 0.3) is 0 Å². The number of carbonyl (C=O) groups is 2. The zero-order valence-corrected chi connectivity index (χ0v) is 8.30. The highest BCUT2D eigenvalue weighted by atomic mass is 16.4. The van der Waals surface area contributed by atoms with Crippen LogP contribution < -0.4 is 10.6 Å². The normalized spacial score (nSPS) is 9.21. The molecule has 0 spiro atoms. The molecule has 0 aliphatic heterocycles. The summed E-state index contributed by atoms with van der Waals surface area (Å²) in [5.74, 6) is -0.928. The van der Waals surface area contributed by atoms with Gasteiger partial charge in [-0.2, -0.15) is 0 Å². The van der Waals surface area contributed by atoms with Gasteiger partial charge in [0.25, 0.3) is 0 Å². The molecule has 5 heteroatoms. The monoisotopic (exact) mass is 200 g/mol. The Hall–Kier alpha value is -1.52. The number of urea groups is 1. The Morgan fingerprint density at radius 2 is 2.00 bits per heavy atom. The zero-order valence-electron chi connectivity index (χ0n) is 8.30. The second-order valence-electron chi connectivity index (χ2n) is 2.86. The SMILES string of the molecule is C=C(CC)CNC(=O)NCCC(=O)O. The first-order chi connectivity index (χ1) is 6.56. The first-order valence-corrected chi connectivity index (χ1v) is 4.46. The van der Waals surface area contributed by atoms with Gasteiger partial charge in [0.15, 0.2) is 0 Å². The molecule has 0 aromatic rings. The Morgan fingerprint density at radius 1 is 1.36 bits per heavy atom. The van der Waals surface area contributed by atoms with E-state index in [4.69, 9.17) is 5.11 Å². The van der Waals surface area contributed by atoms with Crippen LogP contribution in [0.1, 0.15) is 19.8 Å². The Kier molecular flexibility index (Phi) is 6.19. The van der Waals surface area contributed by atoms with Gasteiger partial charge in [0.2, 0.25) is 0 Å². The number of carboxylic acids is 1. The quantitative estimate of drug-likeness (QED) is 0.553. The van der Waals surface area contributed by atoms with Gasteiger partial charge < -0.3 is 15.7 Å². The number of aliphatic carboxylic acids is 1. The van der Waals surface area contributed by atoms with E-state index in [0.717, 1.165) is 12.0 Å². The van der Waals surface area contributed by atoms with Crippen molar-refractivity contribution < 1.29 is 14.7 Å². The minimum atomic E-state index is -0.928. The molecule has 0 heterocycles. The Balaban J connectivity index is 3.46. The van der Waals surface area contributed by atoms with E-state index in [0.29, 0.717) is 6.54 Å². The van der Waals surface area contributed by atoms with Crippen LogP contribution in [-0.2, 0) is 4.79 Å². The number of carboxylic acid groups (broad SMARTS) is 1. The smallest absolute Gasteiger partial charge is 0.315 e. The Bertz CT molecular complexity index is 226. The lowest BCUT2D eigenvalue weighted by Crippen LogP contribution is -2.37. The number of amides is 2. The van der Waals surface area contributed by atoms with E-state index in [2.05, 4.69) is 17.2 Å². The average Bonchev–Trinajstić information content (AvgIpc) is 2.13. The van der Waals surface area contributed by atoms with Crippen molar-refractivity contribution in [2.24, 2.45) is 0 Å². The highest BCUT2D eigenvalue weighted by Crippen LogP contribution is 1.92. The molecule has 0 aromatic heterocycles. The maximum atomic E-state index is 11.0. The molecular formula is C9H16N2O3. The van der Waals surface area contributed by atoms with E-state index in [-0.39, 0.29) is 19.0 Å². The van der Waals surface area contributed by atoms with E-state index >= 15 is 0 Å². The lowest BCUT2D eigenvalue weighted by Gasteiger charge is -2.06. The van der Waals surface area contributed by atoms with Crippen molar-refractivity contribution in [2.75, 3.05) is 13.1 Å². The standard InChI is InChI=1S/C9H16N2O3/c1-3-7(2)6-11-9(14)10-5-4-8(12)13/h2-6H2,1H3,(H,12,13)(H2,10,11,14). The number of rotatable bonds is 6. The summed E-state index contributed by atoms with van der Waals surface area (Å²) in [5.41, 5.74) is 0.929. The van der Waals surface area contributed by atoms with Crippen molar-refractivity contribution in [2.45, 2.75) is 19.8 Å². The van der Waals surface area contributed by atoms with Gasteiger partial charge in [-0.25, -0.2) is 4.79 Å². The largest absolute Gasteiger partial charge is 0.481 e. The topological polar surface area (TPSA) is 78.4 Å². The molecule has 0 fully saturated rings. The molecule has 5 nitrogen and oxygen atoms in total. The third-order valence-electron chi connectivity index (χ3n) is 1.62. The van der Waals surface area contributed by atoms with E-state index < -0.39 is 5.97 Å². The molecule has 0 atom stereocenters. The van der Waals surface area contributed by atoms with Gasteiger partial charge in [0, 0.05) is 13.1 Å². The number of hydrogen-bond donors (Lipinski definition) is 3. The van der Waals surface area contributed by atoms with Crippen molar-refractivity contribution in [3.05, 3.63) is 12.2 Å². The van der Waals surface area contributed by atoms with Crippen molar-refractivity contribution in [3.8, 4) is 0 Å². The Morgan fingerprint density at radius 3 is 2.50 bits per heavy atom. The van der Waals surface area contributed by atoms with Crippen molar-refractivity contribution in [1.29, 1.82) is 0 Å². The molecule has 0 aliphatic rings. The zero-order chi connectivity index (χ0) is 11.0. The van der Waals surface area contributed by atoms with E-state index in [1.165, 1.54) is 0 Å². The van der Waals surface area contributed by atoms with E-state index in [1.807, 2.05) is 6.92 Å². The predicted octanol–water partition coefficient (Wildman–Crippen LogP) is 0.726. The molecule has 0 bridgehead atoms. The molecule has 0 saturated carbocycles. The van der Waals surface area contributed by atoms with Gasteiger partial charge in [0.1, 0.15) is 0 Å². The Labute approximate surface area is 83.2 Å². The van der Waals surface area contributed by atoms with Crippen LogP contribution in [0.15, 0.2) is 12.2 Å². The number of nitrogens with one attached hydrogen (secondary N) is 2. The van der Waals surface area contributed by atoms with E-state index in [1.54, 1.807) is 0 Å². The van der Waals surface area contributed by atoms with Gasteiger partial charge in [-0.1, -0.05) is 19.1 Å². The summed E-state index contributed by atoms with van der Waals surface area (Å²) in [4.78, 5) is 21.1. The third kappa shape index (κ3) is 7.15. The summed E-state index contributed by atoms with van der Waals surface area (Å²) in [6.07, 6.45) is 0.748. The van der Waals surface area contributed by atoms with Crippen LogP contribution in [0.5, 0.6) is 0 Å². The second-order valence-corrected chi connectivity index (χ2v) is 2.86. The minimum absolute atomic E-state index is 0.0673. The van der Waals surface area contributed by atoms with Crippen LogP contribution in [0.2, 0.25) is 0 Å². The van der Waals surface area contributed by atoms with Crippen molar-refractivity contribution in [3.63, 3.8) is 0 Å². The minimum Gasteiger partial charge on any atom is -0.481 e. The maximum Gasteiger partial charge on any atom is 0.315 e. The summed E-state index contributed by atoms with van der Waals surface area (Å²) in [5, 5.41) is 13.3. The predicted molar refractivity (Wildman–Crippen MR) is 53.1 cm³/mol. The van der Waals surface area contributed by atoms with Crippen LogP contribution in [0.4, 0.5) is 4.79 Å². The lowest BCUT2D eigenvalue weighted by molar-refractivity contribution is -0.136. The number of carbonyl (C=O) groups excluding carboxylic acids is 1. The van der Waals surface area contributed by atoms with Crippen molar-refractivity contribution in [1.82, 2.24) is 10.6 Å². The molecule has 2 amide bonds. The summed E-state index contributed by atoms with van der Waals surface area (Å²) < 4.78 is 0. The summed E-state index contributed by atoms with van der Waals surface area (Å²) in [6, 6.07) is -0.360. The molecule has 0 saturated heterocycles. The highest BCUT2D eigenvalue weighted by molar-refractivity contribution is 5.75. The first kappa shape index (κ1) is 12.5. The van der Waals surface area contributed by atoms with Crippen molar-refractivity contribution >= 4 is 12.0 Å². The fourth-order valence-corrected chi connectivity index (χ4v) is 0.676. The lowest BCUT2D eigenvalue weighted by atomic mass is 10.2. The third-order valence-corrected chi connectivity index (χ3v) is 1.62. The van der Waals surface area contributed by atoms with Gasteiger partial charge >= 0.3 is 12.0 Å². The molecule has 3 N–H and O–H groups in total. The van der Waals surface area contributed by atoms with Crippen LogP contribution in [0, 0.1) is 0 Å². The molecule has 0 aliphatic carbocycles. The number of hydrogen-bond acceptors (Lipinski definition) is 2. The second kappa shape index (κ2) is 6.94. The molecule has 80 valence electrons. The highest BCUT2D eigenvalue weighted by Gasteiger charge is 2.01. The molecule has 0 aromatic carbocycles. The summed E-state index contributed by atoms with van der Waals surface area (Å²) >= 11 is 0.